The predicted octanol–water partition coefficient (Wildman–Crippen LogP) is 0.649. The maximum Gasteiger partial charge on any atom is 0.224 e. The molecule has 2 aliphatic heterocycles. The van der Waals surface area contributed by atoms with Crippen LogP contribution in [0, 0.1) is 0 Å². The van der Waals surface area contributed by atoms with Crippen molar-refractivity contribution in [2.24, 2.45) is 0 Å². The van der Waals surface area contributed by atoms with Crippen LogP contribution in [-0.4, -0.2) is 56.5 Å². The summed E-state index contributed by atoms with van der Waals surface area (Å²) >= 11 is 0. The Hall–Kier alpha value is -2.90. The zero-order chi connectivity index (χ0) is 17.9. The summed E-state index contributed by atoms with van der Waals surface area (Å²) in [5, 5.41) is 0. The molecule has 0 unspecified atom stereocenters. The minimum absolute atomic E-state index is 0.164. The van der Waals surface area contributed by atoms with E-state index in [-0.39, 0.29) is 5.91 Å². The molecule has 0 saturated heterocycles. The molecular formula is C18H23N7O. The van der Waals surface area contributed by atoms with E-state index in [4.69, 9.17) is 5.73 Å². The van der Waals surface area contributed by atoms with Gasteiger partial charge < -0.3 is 20.1 Å². The van der Waals surface area contributed by atoms with Crippen LogP contribution in [-0.2, 0) is 24.2 Å². The molecule has 0 atom stereocenters. The number of nitrogens with two attached hydrogens (primary N) is 1. The molecule has 136 valence electrons. The second-order valence-electron chi connectivity index (χ2n) is 6.64. The molecule has 4 rings (SSSR count). The maximum absolute atomic E-state index is 12.6. The van der Waals surface area contributed by atoms with Crippen LogP contribution in [0.25, 0.3) is 0 Å². The van der Waals surface area contributed by atoms with Gasteiger partial charge in [-0.05, 0) is 6.42 Å². The van der Waals surface area contributed by atoms with Gasteiger partial charge in [0, 0.05) is 63.5 Å². The van der Waals surface area contributed by atoms with Crippen molar-refractivity contribution >= 4 is 17.7 Å². The van der Waals surface area contributed by atoms with E-state index < -0.39 is 0 Å². The quantitative estimate of drug-likeness (QED) is 0.811. The highest BCUT2D eigenvalue weighted by Crippen LogP contribution is 2.26. The van der Waals surface area contributed by atoms with Gasteiger partial charge in [-0.1, -0.05) is 12.2 Å². The highest BCUT2D eigenvalue weighted by Gasteiger charge is 2.24. The van der Waals surface area contributed by atoms with Crippen molar-refractivity contribution in [2.75, 3.05) is 36.8 Å². The molecule has 0 fully saturated rings. The van der Waals surface area contributed by atoms with E-state index in [1.807, 2.05) is 15.7 Å². The number of imidazole rings is 1. The second kappa shape index (κ2) is 7.15. The molecule has 0 radical (unpaired) electrons. The van der Waals surface area contributed by atoms with Crippen LogP contribution >= 0.6 is 0 Å². The lowest BCUT2D eigenvalue weighted by atomic mass is 10.1. The Kier molecular flexibility index (Phi) is 4.55. The Morgan fingerprint density at radius 2 is 1.96 bits per heavy atom. The molecule has 0 aliphatic carbocycles. The van der Waals surface area contributed by atoms with Gasteiger partial charge in [-0.25, -0.2) is 9.97 Å². The molecule has 2 N–H and O–H groups in total. The lowest BCUT2D eigenvalue weighted by molar-refractivity contribution is -0.131. The monoisotopic (exact) mass is 353 g/mol. The number of nitrogens with zero attached hydrogens (tertiary/aromatic N) is 6. The third-order valence-electron chi connectivity index (χ3n) is 4.95. The Balaban J connectivity index is 1.46. The molecule has 8 heteroatoms. The SMILES string of the molecule is Nc1nc2c(c(N3CC=CC3)n1)CCN(C(=O)CCn1ccnc1)CC2. The number of fused-ring (bicyclic) bond motifs is 1. The average molecular weight is 353 g/mol. The summed E-state index contributed by atoms with van der Waals surface area (Å²) in [6, 6.07) is 0. The van der Waals surface area contributed by atoms with Crippen molar-refractivity contribution in [3.05, 3.63) is 42.1 Å². The Morgan fingerprint density at radius 3 is 2.73 bits per heavy atom. The molecule has 0 aromatic carbocycles. The van der Waals surface area contributed by atoms with Crippen molar-refractivity contribution in [3.63, 3.8) is 0 Å². The predicted molar refractivity (Wildman–Crippen MR) is 98.6 cm³/mol. The minimum atomic E-state index is 0.164. The summed E-state index contributed by atoms with van der Waals surface area (Å²) in [5.41, 5.74) is 8.05. The van der Waals surface area contributed by atoms with Gasteiger partial charge in [-0.15, -0.1) is 0 Å². The van der Waals surface area contributed by atoms with Crippen LogP contribution in [0.2, 0.25) is 0 Å². The number of carbonyl (C=O) groups is 1. The highest BCUT2D eigenvalue weighted by atomic mass is 16.2. The Bertz CT molecular complexity index is 807. The van der Waals surface area contributed by atoms with Gasteiger partial charge in [0.1, 0.15) is 5.82 Å². The standard InChI is InChI=1S/C18H23N7O/c19-18-21-15-4-11-24(16(26)5-9-23-12-6-20-13-23)10-3-14(15)17(22-18)25-7-1-2-8-25/h1-2,6,12-13H,3-5,7-11H2,(H2,19,21,22). The van der Waals surface area contributed by atoms with Crippen molar-refractivity contribution in [2.45, 2.75) is 25.8 Å². The molecule has 26 heavy (non-hydrogen) atoms. The second-order valence-corrected chi connectivity index (χ2v) is 6.64. The van der Waals surface area contributed by atoms with Crippen molar-refractivity contribution < 1.29 is 4.79 Å². The van der Waals surface area contributed by atoms with Crippen molar-refractivity contribution in [1.82, 2.24) is 24.4 Å². The fraction of sp³-hybridized carbons (Fsp3) is 0.444. The van der Waals surface area contributed by atoms with Gasteiger partial charge in [0.15, 0.2) is 0 Å². The van der Waals surface area contributed by atoms with Crippen LogP contribution < -0.4 is 10.6 Å². The van der Waals surface area contributed by atoms with E-state index >= 15 is 0 Å². The summed E-state index contributed by atoms with van der Waals surface area (Å²) in [6.45, 7) is 3.70. The van der Waals surface area contributed by atoms with E-state index in [0.29, 0.717) is 38.4 Å². The molecular weight excluding hydrogens is 330 g/mol. The molecule has 0 bridgehead atoms. The zero-order valence-electron chi connectivity index (χ0n) is 14.7. The largest absolute Gasteiger partial charge is 0.368 e. The Labute approximate surface area is 152 Å². The number of aromatic nitrogens is 4. The van der Waals surface area contributed by atoms with Crippen LogP contribution in [0.4, 0.5) is 11.8 Å². The average Bonchev–Trinajstić information content (AvgIpc) is 3.30. The first kappa shape index (κ1) is 16.6. The molecule has 8 nitrogen and oxygen atoms in total. The smallest absolute Gasteiger partial charge is 0.224 e. The van der Waals surface area contributed by atoms with E-state index in [0.717, 1.165) is 36.6 Å². The van der Waals surface area contributed by atoms with E-state index in [1.165, 1.54) is 0 Å². The van der Waals surface area contributed by atoms with E-state index in [2.05, 4.69) is 32.0 Å². The first-order chi connectivity index (χ1) is 12.7. The van der Waals surface area contributed by atoms with Crippen molar-refractivity contribution in [3.8, 4) is 0 Å². The number of aryl methyl sites for hydroxylation is 1. The van der Waals surface area contributed by atoms with Gasteiger partial charge in [-0.2, -0.15) is 4.98 Å². The maximum atomic E-state index is 12.6. The molecule has 2 aromatic rings. The van der Waals surface area contributed by atoms with Crippen LogP contribution in [0.5, 0.6) is 0 Å². The van der Waals surface area contributed by atoms with Crippen LogP contribution in [0.15, 0.2) is 30.9 Å². The summed E-state index contributed by atoms with van der Waals surface area (Å²) in [4.78, 5) is 29.7. The molecule has 2 aromatic heterocycles. The summed E-state index contributed by atoms with van der Waals surface area (Å²) in [7, 11) is 0. The third-order valence-corrected chi connectivity index (χ3v) is 4.95. The van der Waals surface area contributed by atoms with Crippen molar-refractivity contribution in [1.29, 1.82) is 0 Å². The summed E-state index contributed by atoms with van der Waals surface area (Å²) < 4.78 is 1.93. The lowest BCUT2D eigenvalue weighted by Gasteiger charge is -2.22. The molecule has 4 heterocycles. The molecule has 2 aliphatic rings. The first-order valence-corrected chi connectivity index (χ1v) is 8.99. The molecule has 0 saturated carbocycles. The van der Waals surface area contributed by atoms with E-state index in [9.17, 15) is 4.79 Å². The van der Waals surface area contributed by atoms with E-state index in [1.54, 1.807) is 12.5 Å². The number of carbonyl (C=O) groups excluding carboxylic acids is 1. The molecule has 1 amide bonds. The number of rotatable bonds is 4. The summed E-state index contributed by atoms with van der Waals surface area (Å²) in [6.07, 6.45) is 11.6. The summed E-state index contributed by atoms with van der Waals surface area (Å²) in [5.74, 6) is 1.40. The first-order valence-electron chi connectivity index (χ1n) is 8.99. The third kappa shape index (κ3) is 3.40. The van der Waals surface area contributed by atoms with Gasteiger partial charge >= 0.3 is 0 Å². The topological polar surface area (TPSA) is 93.2 Å². The highest BCUT2D eigenvalue weighted by molar-refractivity contribution is 5.76. The molecule has 0 spiro atoms. The number of hydrogen-bond donors (Lipinski definition) is 1. The van der Waals surface area contributed by atoms with Gasteiger partial charge in [0.2, 0.25) is 11.9 Å². The number of hydrogen-bond acceptors (Lipinski definition) is 6. The fourth-order valence-electron chi connectivity index (χ4n) is 3.56. The minimum Gasteiger partial charge on any atom is -0.368 e. The number of nitrogen functional groups attached to an aromatic ring is 1. The van der Waals surface area contributed by atoms with Gasteiger partial charge in [-0.3, -0.25) is 4.79 Å². The lowest BCUT2D eigenvalue weighted by Crippen LogP contribution is -2.33. The number of anilines is 2. The van der Waals surface area contributed by atoms with Gasteiger partial charge in [0.25, 0.3) is 0 Å². The Morgan fingerprint density at radius 1 is 1.15 bits per heavy atom. The number of amides is 1. The van der Waals surface area contributed by atoms with Gasteiger partial charge in [0.05, 0.1) is 12.0 Å². The van der Waals surface area contributed by atoms with Crippen LogP contribution in [0.3, 0.4) is 0 Å². The zero-order valence-corrected chi connectivity index (χ0v) is 14.7. The van der Waals surface area contributed by atoms with Crippen LogP contribution in [0.1, 0.15) is 17.7 Å². The fourth-order valence-corrected chi connectivity index (χ4v) is 3.56. The normalized spacial score (nSPS) is 16.6.